The van der Waals surface area contributed by atoms with Crippen LogP contribution in [0.5, 0.6) is 0 Å². The van der Waals surface area contributed by atoms with Crippen molar-refractivity contribution >= 4 is 11.6 Å². The zero-order valence-corrected chi connectivity index (χ0v) is 10.0. The first-order valence-electron chi connectivity index (χ1n) is 5.62. The molecule has 0 aromatic heterocycles. The Morgan fingerprint density at radius 3 is 2.67 bits per heavy atom. The topological polar surface area (TPSA) is 9.23 Å². The summed E-state index contributed by atoms with van der Waals surface area (Å²) < 4.78 is 5.51. The molecule has 0 aliphatic heterocycles. The van der Waals surface area contributed by atoms with Gasteiger partial charge in [0.1, 0.15) is 5.56 Å². The molecule has 0 saturated carbocycles. The van der Waals surface area contributed by atoms with Crippen LogP contribution in [0.3, 0.4) is 0 Å². The van der Waals surface area contributed by atoms with Crippen molar-refractivity contribution in [2.75, 3.05) is 6.61 Å². The average molecular weight is 227 g/mol. The highest BCUT2D eigenvalue weighted by Gasteiger charge is 2.03. The Hall–Kier alpha value is -0.530. The molecule has 0 aliphatic rings. The van der Waals surface area contributed by atoms with E-state index in [0.29, 0.717) is 6.61 Å². The Morgan fingerprint density at radius 1 is 1.27 bits per heavy atom. The molecular formula is C13H19ClO. The van der Waals surface area contributed by atoms with E-state index in [1.165, 1.54) is 12.0 Å². The first-order valence-corrected chi connectivity index (χ1v) is 6.06. The zero-order chi connectivity index (χ0) is 10.9. The van der Waals surface area contributed by atoms with E-state index in [0.717, 1.165) is 19.3 Å². The minimum Gasteiger partial charge on any atom is -0.362 e. The van der Waals surface area contributed by atoms with E-state index in [-0.39, 0.29) is 5.56 Å². The molecule has 1 atom stereocenters. The molecule has 0 amide bonds. The van der Waals surface area contributed by atoms with Crippen LogP contribution < -0.4 is 0 Å². The lowest BCUT2D eigenvalue weighted by Gasteiger charge is -2.10. The Kier molecular flexibility index (Phi) is 6.45. The van der Waals surface area contributed by atoms with Gasteiger partial charge in [0.05, 0.1) is 6.61 Å². The van der Waals surface area contributed by atoms with Gasteiger partial charge < -0.3 is 4.74 Å². The van der Waals surface area contributed by atoms with Crippen molar-refractivity contribution in [2.45, 2.75) is 38.2 Å². The summed E-state index contributed by atoms with van der Waals surface area (Å²) in [4.78, 5) is 0. The number of hydrogen-bond acceptors (Lipinski definition) is 1. The Labute approximate surface area is 97.4 Å². The van der Waals surface area contributed by atoms with Crippen LogP contribution in [-0.2, 0) is 11.2 Å². The maximum atomic E-state index is 6.00. The fourth-order valence-corrected chi connectivity index (χ4v) is 1.64. The van der Waals surface area contributed by atoms with Gasteiger partial charge in [-0.2, -0.15) is 0 Å². The first-order chi connectivity index (χ1) is 7.33. The van der Waals surface area contributed by atoms with Crippen LogP contribution in [0, 0.1) is 0 Å². The van der Waals surface area contributed by atoms with Crippen molar-refractivity contribution < 1.29 is 4.74 Å². The lowest BCUT2D eigenvalue weighted by molar-refractivity contribution is 0.103. The number of alkyl halides is 1. The van der Waals surface area contributed by atoms with E-state index < -0.39 is 0 Å². The lowest BCUT2D eigenvalue weighted by Crippen LogP contribution is -2.07. The summed E-state index contributed by atoms with van der Waals surface area (Å²) >= 11 is 6.00. The maximum absolute atomic E-state index is 6.00. The predicted octanol–water partition coefficient (Wildman–Crippen LogP) is 4.00. The number of halogens is 1. The SMILES string of the molecule is CCCCC(Cl)OCCc1ccccc1. The molecule has 0 aliphatic carbocycles. The average Bonchev–Trinajstić information content (AvgIpc) is 2.28. The number of benzene rings is 1. The summed E-state index contributed by atoms with van der Waals surface area (Å²) in [6.45, 7) is 2.87. The first kappa shape index (κ1) is 12.5. The molecule has 0 fully saturated rings. The third-order valence-electron chi connectivity index (χ3n) is 2.32. The van der Waals surface area contributed by atoms with E-state index in [1.807, 2.05) is 18.2 Å². The maximum Gasteiger partial charge on any atom is 0.131 e. The highest BCUT2D eigenvalue weighted by molar-refractivity contribution is 6.19. The molecule has 2 heteroatoms. The fourth-order valence-electron chi connectivity index (χ4n) is 1.40. The van der Waals surface area contributed by atoms with E-state index in [4.69, 9.17) is 16.3 Å². The minimum atomic E-state index is -0.117. The second kappa shape index (κ2) is 7.72. The second-order valence-electron chi connectivity index (χ2n) is 3.66. The number of unbranched alkanes of at least 4 members (excludes halogenated alkanes) is 1. The molecule has 1 aromatic rings. The van der Waals surface area contributed by atoms with E-state index in [9.17, 15) is 0 Å². The van der Waals surface area contributed by atoms with Gasteiger partial charge in [-0.1, -0.05) is 55.3 Å². The van der Waals surface area contributed by atoms with Crippen LogP contribution in [-0.4, -0.2) is 12.2 Å². The highest BCUT2D eigenvalue weighted by atomic mass is 35.5. The van der Waals surface area contributed by atoms with E-state index in [1.54, 1.807) is 0 Å². The molecule has 0 N–H and O–H groups in total. The Morgan fingerprint density at radius 2 is 2.00 bits per heavy atom. The normalized spacial score (nSPS) is 12.7. The molecule has 84 valence electrons. The molecule has 0 radical (unpaired) electrons. The van der Waals surface area contributed by atoms with Crippen molar-refractivity contribution in [1.29, 1.82) is 0 Å². The van der Waals surface area contributed by atoms with Gasteiger partial charge in [0, 0.05) is 0 Å². The van der Waals surface area contributed by atoms with Gasteiger partial charge in [0.25, 0.3) is 0 Å². The van der Waals surface area contributed by atoms with Crippen molar-refractivity contribution in [3.05, 3.63) is 35.9 Å². The third-order valence-corrected chi connectivity index (χ3v) is 2.66. The van der Waals surface area contributed by atoms with Crippen LogP contribution in [0.15, 0.2) is 30.3 Å². The van der Waals surface area contributed by atoms with Gasteiger partial charge in [0.15, 0.2) is 0 Å². The molecule has 1 unspecified atom stereocenters. The van der Waals surface area contributed by atoms with Crippen molar-refractivity contribution in [1.82, 2.24) is 0 Å². The molecule has 1 rings (SSSR count). The third kappa shape index (κ3) is 5.81. The van der Waals surface area contributed by atoms with E-state index >= 15 is 0 Å². The van der Waals surface area contributed by atoms with Crippen LogP contribution in [0.1, 0.15) is 31.7 Å². The zero-order valence-electron chi connectivity index (χ0n) is 9.29. The van der Waals surface area contributed by atoms with Gasteiger partial charge in [-0.05, 0) is 24.8 Å². The van der Waals surface area contributed by atoms with Crippen LogP contribution in [0.25, 0.3) is 0 Å². The standard InChI is InChI=1S/C13H19ClO/c1-2-3-9-13(14)15-11-10-12-7-5-4-6-8-12/h4-8,13H,2-3,9-11H2,1H3. The molecule has 0 heterocycles. The van der Waals surface area contributed by atoms with Gasteiger partial charge in [-0.25, -0.2) is 0 Å². The largest absolute Gasteiger partial charge is 0.362 e. The summed E-state index contributed by atoms with van der Waals surface area (Å²) in [5.74, 6) is 0. The molecule has 0 spiro atoms. The molecule has 1 nitrogen and oxygen atoms in total. The minimum absolute atomic E-state index is 0.117. The van der Waals surface area contributed by atoms with Crippen molar-refractivity contribution in [3.8, 4) is 0 Å². The summed E-state index contributed by atoms with van der Waals surface area (Å²) in [6.07, 6.45) is 4.20. The van der Waals surface area contributed by atoms with Gasteiger partial charge in [-0.3, -0.25) is 0 Å². The monoisotopic (exact) mass is 226 g/mol. The molecule has 0 bridgehead atoms. The lowest BCUT2D eigenvalue weighted by atomic mass is 10.2. The molecule has 1 aromatic carbocycles. The van der Waals surface area contributed by atoms with Crippen molar-refractivity contribution in [2.24, 2.45) is 0 Å². The van der Waals surface area contributed by atoms with E-state index in [2.05, 4.69) is 19.1 Å². The quantitative estimate of drug-likeness (QED) is 0.639. The van der Waals surface area contributed by atoms with Gasteiger partial charge in [-0.15, -0.1) is 0 Å². The van der Waals surface area contributed by atoms with Crippen molar-refractivity contribution in [3.63, 3.8) is 0 Å². The number of hydrogen-bond donors (Lipinski definition) is 0. The Balaban J connectivity index is 2.11. The smallest absolute Gasteiger partial charge is 0.131 e. The summed E-state index contributed by atoms with van der Waals surface area (Å²) in [7, 11) is 0. The summed E-state index contributed by atoms with van der Waals surface area (Å²) in [5, 5.41) is 0. The molecular weight excluding hydrogens is 208 g/mol. The second-order valence-corrected chi connectivity index (χ2v) is 4.15. The van der Waals surface area contributed by atoms with Crippen LogP contribution in [0.4, 0.5) is 0 Å². The summed E-state index contributed by atoms with van der Waals surface area (Å²) in [6, 6.07) is 10.3. The fraction of sp³-hybridized carbons (Fsp3) is 0.538. The highest BCUT2D eigenvalue weighted by Crippen LogP contribution is 2.09. The number of rotatable bonds is 7. The Bertz CT molecular complexity index is 248. The summed E-state index contributed by atoms with van der Waals surface area (Å²) in [5.41, 5.74) is 1.19. The van der Waals surface area contributed by atoms with Crippen LogP contribution in [0.2, 0.25) is 0 Å². The van der Waals surface area contributed by atoms with Gasteiger partial charge in [0.2, 0.25) is 0 Å². The molecule has 0 saturated heterocycles. The number of ether oxygens (including phenoxy) is 1. The van der Waals surface area contributed by atoms with Crippen LogP contribution >= 0.6 is 11.6 Å². The van der Waals surface area contributed by atoms with Gasteiger partial charge >= 0.3 is 0 Å². The predicted molar refractivity (Wildman–Crippen MR) is 65.3 cm³/mol. The molecule has 15 heavy (non-hydrogen) atoms.